The van der Waals surface area contributed by atoms with Crippen molar-refractivity contribution in [1.82, 2.24) is 9.88 Å². The second-order valence-electron chi connectivity index (χ2n) is 10.6. The van der Waals surface area contributed by atoms with Crippen LogP contribution < -0.4 is 10.6 Å². The van der Waals surface area contributed by atoms with Gasteiger partial charge in [-0.2, -0.15) is 0 Å². The zero-order valence-electron chi connectivity index (χ0n) is 21.5. The number of nitrogens with one attached hydrogen (secondary N) is 2. The monoisotopic (exact) mass is 502 g/mol. The number of nitro groups is 1. The predicted octanol–water partition coefficient (Wildman–Crippen LogP) is 7.16. The first-order chi connectivity index (χ1) is 18.4. The van der Waals surface area contributed by atoms with Gasteiger partial charge >= 0.3 is 0 Å². The van der Waals surface area contributed by atoms with Crippen LogP contribution in [0.2, 0.25) is 0 Å². The Balaban J connectivity index is 1.54. The molecule has 6 heteroatoms. The van der Waals surface area contributed by atoms with Crippen molar-refractivity contribution in [2.75, 3.05) is 5.32 Å². The Kier molecular flexibility index (Phi) is 5.97. The molecule has 0 amide bonds. The van der Waals surface area contributed by atoms with Gasteiger partial charge in [-0.3, -0.25) is 15.4 Å². The number of anilines is 1. The van der Waals surface area contributed by atoms with Crippen LogP contribution in [-0.4, -0.2) is 15.0 Å². The van der Waals surface area contributed by atoms with Crippen LogP contribution >= 0.6 is 0 Å². The molecule has 2 N–H and O–H groups in total. The van der Waals surface area contributed by atoms with Gasteiger partial charge in [0.15, 0.2) is 0 Å². The number of rotatable bonds is 6. The lowest BCUT2D eigenvalue weighted by atomic mass is 9.84. The summed E-state index contributed by atoms with van der Waals surface area (Å²) in [4.78, 5) is 11.0. The van der Waals surface area contributed by atoms with Gasteiger partial charge in [0.25, 0.3) is 5.69 Å². The number of nitrogens with zero attached hydrogens (tertiary/aromatic N) is 2. The Morgan fingerprint density at radius 1 is 0.921 bits per heavy atom. The van der Waals surface area contributed by atoms with Crippen LogP contribution in [-0.2, 0) is 13.0 Å². The van der Waals surface area contributed by atoms with Crippen LogP contribution in [0.3, 0.4) is 0 Å². The number of benzene rings is 4. The second kappa shape index (κ2) is 9.47. The molecule has 1 aliphatic heterocycles. The molecule has 0 spiro atoms. The van der Waals surface area contributed by atoms with Gasteiger partial charge in [-0.1, -0.05) is 72.8 Å². The number of nitro benzene ring substituents is 1. The molecule has 0 aliphatic carbocycles. The molecule has 6 rings (SSSR count). The van der Waals surface area contributed by atoms with E-state index >= 15 is 0 Å². The van der Waals surface area contributed by atoms with Gasteiger partial charge in [0.2, 0.25) is 0 Å². The lowest BCUT2D eigenvalue weighted by Crippen LogP contribution is -2.48. The van der Waals surface area contributed by atoms with Crippen LogP contribution in [0.15, 0.2) is 103 Å². The predicted molar refractivity (Wildman–Crippen MR) is 153 cm³/mol. The van der Waals surface area contributed by atoms with Crippen molar-refractivity contribution in [3.8, 4) is 5.69 Å². The van der Waals surface area contributed by atoms with E-state index in [-0.39, 0.29) is 22.2 Å². The Hall–Kier alpha value is -4.42. The fourth-order valence-corrected chi connectivity index (χ4v) is 5.67. The van der Waals surface area contributed by atoms with Crippen molar-refractivity contribution in [1.29, 1.82) is 0 Å². The minimum atomic E-state index is -0.348. The SMILES string of the molecule is CC1(C)Cc2c(n(-c3ccccc3NCc3ccccc3)c3ccccc23)[C@H](c2ccc([N+](=O)[O-])cc2)N1. The van der Waals surface area contributed by atoms with E-state index in [1.807, 2.05) is 18.2 Å². The maximum Gasteiger partial charge on any atom is 0.269 e. The van der Waals surface area contributed by atoms with Crippen molar-refractivity contribution in [2.24, 2.45) is 0 Å². The molecular formula is C32H30N4O2. The van der Waals surface area contributed by atoms with Crippen LogP contribution in [0.1, 0.15) is 42.3 Å². The first-order valence-corrected chi connectivity index (χ1v) is 12.9. The fourth-order valence-electron chi connectivity index (χ4n) is 5.67. The molecule has 0 unspecified atom stereocenters. The maximum absolute atomic E-state index is 11.3. The van der Waals surface area contributed by atoms with E-state index in [0.29, 0.717) is 0 Å². The van der Waals surface area contributed by atoms with Crippen LogP contribution in [0.5, 0.6) is 0 Å². The number of hydrogen-bond donors (Lipinski definition) is 2. The van der Waals surface area contributed by atoms with Crippen LogP contribution in [0, 0.1) is 10.1 Å². The third-order valence-corrected chi connectivity index (χ3v) is 7.36. The van der Waals surface area contributed by atoms with E-state index < -0.39 is 0 Å². The zero-order chi connectivity index (χ0) is 26.3. The van der Waals surface area contributed by atoms with Gasteiger partial charge in [0.1, 0.15) is 0 Å². The number of hydrogen-bond acceptors (Lipinski definition) is 4. The van der Waals surface area contributed by atoms with Crippen LogP contribution in [0.4, 0.5) is 11.4 Å². The third kappa shape index (κ3) is 4.33. The average Bonchev–Trinajstić information content (AvgIpc) is 3.25. The Bertz CT molecular complexity index is 1620. The van der Waals surface area contributed by atoms with Crippen molar-refractivity contribution in [3.05, 3.63) is 136 Å². The molecule has 1 atom stereocenters. The molecule has 0 bridgehead atoms. The van der Waals surface area contributed by atoms with E-state index in [1.54, 1.807) is 12.1 Å². The summed E-state index contributed by atoms with van der Waals surface area (Å²) in [5, 5.41) is 20.1. The summed E-state index contributed by atoms with van der Waals surface area (Å²) in [6.45, 7) is 5.15. The summed E-state index contributed by atoms with van der Waals surface area (Å²) in [6.07, 6.45) is 0.874. The summed E-state index contributed by atoms with van der Waals surface area (Å²) < 4.78 is 2.37. The van der Waals surface area contributed by atoms with Crippen molar-refractivity contribution >= 4 is 22.3 Å². The maximum atomic E-state index is 11.3. The van der Waals surface area contributed by atoms with Crippen LogP contribution in [0.25, 0.3) is 16.6 Å². The molecule has 4 aromatic carbocycles. The minimum Gasteiger partial charge on any atom is -0.379 e. The lowest BCUT2D eigenvalue weighted by molar-refractivity contribution is -0.384. The normalized spacial score (nSPS) is 16.2. The van der Waals surface area contributed by atoms with E-state index in [1.165, 1.54) is 22.2 Å². The third-order valence-electron chi connectivity index (χ3n) is 7.36. The lowest BCUT2D eigenvalue weighted by Gasteiger charge is -2.38. The fraction of sp³-hybridized carbons (Fsp3) is 0.188. The standard InChI is InChI=1S/C32H30N4O2/c1-32(2)20-26-25-12-6-8-14-28(25)35(31(26)30(34-32)23-16-18-24(19-17-23)36(37)38)29-15-9-7-13-27(29)33-21-22-10-4-3-5-11-22/h3-19,30,33-34H,20-21H2,1-2H3/t30-/m0/s1. The van der Waals surface area contributed by atoms with Gasteiger partial charge in [-0.05, 0) is 55.2 Å². The molecule has 38 heavy (non-hydrogen) atoms. The molecule has 0 saturated heterocycles. The molecule has 0 radical (unpaired) electrons. The summed E-state index contributed by atoms with van der Waals surface area (Å²) in [5.74, 6) is 0. The van der Waals surface area contributed by atoms with Gasteiger partial charge in [-0.25, -0.2) is 0 Å². The molecule has 2 heterocycles. The summed E-state index contributed by atoms with van der Waals surface area (Å²) in [5.41, 5.74) is 7.93. The van der Waals surface area contributed by atoms with Gasteiger partial charge in [0.05, 0.1) is 27.9 Å². The highest BCUT2D eigenvalue weighted by Crippen LogP contribution is 2.43. The Morgan fingerprint density at radius 3 is 2.37 bits per heavy atom. The Labute approximate surface area is 222 Å². The highest BCUT2D eigenvalue weighted by molar-refractivity contribution is 5.89. The summed E-state index contributed by atoms with van der Waals surface area (Å²) in [7, 11) is 0. The quantitative estimate of drug-likeness (QED) is 0.191. The van der Waals surface area contributed by atoms with Crippen molar-refractivity contribution in [2.45, 2.75) is 38.4 Å². The first-order valence-electron chi connectivity index (χ1n) is 12.9. The number of aromatic nitrogens is 1. The highest BCUT2D eigenvalue weighted by Gasteiger charge is 2.37. The molecular weight excluding hydrogens is 472 g/mol. The van der Waals surface area contributed by atoms with Gasteiger partial charge in [0, 0.05) is 35.3 Å². The number of para-hydroxylation sites is 3. The molecule has 190 valence electrons. The van der Waals surface area contributed by atoms with E-state index in [0.717, 1.165) is 35.4 Å². The largest absolute Gasteiger partial charge is 0.379 e. The smallest absolute Gasteiger partial charge is 0.269 e. The van der Waals surface area contributed by atoms with Gasteiger partial charge in [-0.15, -0.1) is 0 Å². The molecule has 0 saturated carbocycles. The molecule has 1 aromatic heterocycles. The second-order valence-corrected chi connectivity index (χ2v) is 10.6. The van der Waals surface area contributed by atoms with Crippen molar-refractivity contribution < 1.29 is 4.92 Å². The van der Waals surface area contributed by atoms with Crippen molar-refractivity contribution in [3.63, 3.8) is 0 Å². The van der Waals surface area contributed by atoms with E-state index in [4.69, 9.17) is 0 Å². The van der Waals surface area contributed by atoms with Gasteiger partial charge < -0.3 is 9.88 Å². The molecule has 5 aromatic rings. The zero-order valence-corrected chi connectivity index (χ0v) is 21.5. The number of non-ortho nitro benzene ring substituents is 1. The van der Waals surface area contributed by atoms with E-state index in [9.17, 15) is 10.1 Å². The number of fused-ring (bicyclic) bond motifs is 3. The summed E-state index contributed by atoms with van der Waals surface area (Å²) in [6, 6.07) is 34.2. The molecule has 0 fully saturated rings. The molecule has 1 aliphatic rings. The topological polar surface area (TPSA) is 72.1 Å². The first kappa shape index (κ1) is 23.9. The molecule has 6 nitrogen and oxygen atoms in total. The van der Waals surface area contributed by atoms with E-state index in [2.05, 4.69) is 102 Å². The Morgan fingerprint density at radius 2 is 1.61 bits per heavy atom. The highest BCUT2D eigenvalue weighted by atomic mass is 16.6. The summed E-state index contributed by atoms with van der Waals surface area (Å²) >= 11 is 0. The average molecular weight is 503 g/mol. The minimum absolute atomic E-state index is 0.0973.